The van der Waals surface area contributed by atoms with Gasteiger partial charge in [-0.25, -0.2) is 0 Å². The fraction of sp³-hybridized carbons (Fsp3) is 0.514. The third-order valence-electron chi connectivity index (χ3n) is 7.79. The van der Waals surface area contributed by atoms with Crippen LogP contribution in [-0.4, -0.2) is 54.3 Å². The van der Waals surface area contributed by atoms with E-state index in [1.54, 1.807) is 0 Å². The molecule has 0 heterocycles. The number of hydrogen-bond acceptors (Lipinski definition) is 4. The maximum atomic E-state index is 8.98. The van der Waals surface area contributed by atoms with Crippen molar-refractivity contribution in [2.45, 2.75) is 85.2 Å². The van der Waals surface area contributed by atoms with Crippen LogP contribution in [0.15, 0.2) is 72.8 Å². The van der Waals surface area contributed by atoms with Gasteiger partial charge in [-0.1, -0.05) is 107 Å². The topological polar surface area (TPSA) is 35.9 Å². The molecule has 0 aliphatic carbocycles. The van der Waals surface area contributed by atoms with Gasteiger partial charge in [0, 0.05) is 26.2 Å². The summed E-state index contributed by atoms with van der Waals surface area (Å²) < 4.78 is 5.51. The smallest absolute Gasteiger partial charge is 0.119 e. The van der Waals surface area contributed by atoms with Crippen molar-refractivity contribution in [2.24, 2.45) is 0 Å². The average molecular weight is 559 g/mol. The van der Waals surface area contributed by atoms with Crippen LogP contribution in [0.4, 0.5) is 0 Å². The van der Waals surface area contributed by atoms with Gasteiger partial charge < -0.3 is 14.7 Å². The maximum absolute atomic E-state index is 8.98. The number of ether oxygens (including phenoxy) is 1. The number of nitrogens with zero attached hydrogens (tertiary/aromatic N) is 2. The summed E-state index contributed by atoms with van der Waals surface area (Å²) in [6, 6.07) is 26.5. The monoisotopic (exact) mass is 558 g/mol. The van der Waals surface area contributed by atoms with Gasteiger partial charge in [-0.05, 0) is 78.7 Å². The maximum Gasteiger partial charge on any atom is 0.119 e. The molecular formula is C37H54N2O2. The minimum absolute atomic E-state index is 0.0279. The van der Waals surface area contributed by atoms with Crippen LogP contribution in [0, 0.1) is 0 Å². The summed E-state index contributed by atoms with van der Waals surface area (Å²) in [7, 11) is 0. The molecule has 0 aromatic heterocycles. The summed E-state index contributed by atoms with van der Waals surface area (Å²) in [5.74, 6) is 0.788. The zero-order valence-electron chi connectivity index (χ0n) is 26.0. The molecule has 3 aromatic rings. The molecule has 0 atom stereocenters. The molecule has 0 aliphatic heterocycles. The minimum Gasteiger partial charge on any atom is -0.491 e. The van der Waals surface area contributed by atoms with Crippen LogP contribution in [0.1, 0.15) is 82.4 Å². The third kappa shape index (κ3) is 12.4. The predicted molar refractivity (Wildman–Crippen MR) is 174 cm³/mol. The number of hydrogen-bond donors (Lipinski definition) is 1. The highest BCUT2D eigenvalue weighted by Gasteiger charge is 2.12. The van der Waals surface area contributed by atoms with Gasteiger partial charge in [0.05, 0.1) is 6.61 Å². The molecule has 0 unspecified atom stereocenters. The highest BCUT2D eigenvalue weighted by Crippen LogP contribution is 2.23. The number of benzene rings is 3. The van der Waals surface area contributed by atoms with Crippen molar-refractivity contribution in [3.63, 3.8) is 0 Å². The first-order valence-corrected chi connectivity index (χ1v) is 16.1. The quantitative estimate of drug-likeness (QED) is 0.133. The zero-order chi connectivity index (χ0) is 29.1. The highest BCUT2D eigenvalue weighted by molar-refractivity contribution is 5.64. The van der Waals surface area contributed by atoms with Gasteiger partial charge in [0.1, 0.15) is 12.4 Å². The lowest BCUT2D eigenvalue weighted by Crippen LogP contribution is -2.36. The molecule has 0 amide bonds. The summed E-state index contributed by atoms with van der Waals surface area (Å²) in [5.41, 5.74) is 6.59. The van der Waals surface area contributed by atoms with Crippen molar-refractivity contribution in [3.05, 3.63) is 89.5 Å². The van der Waals surface area contributed by atoms with Crippen molar-refractivity contribution >= 4 is 0 Å². The Labute approximate surface area is 250 Å². The normalized spacial score (nSPS) is 11.5. The molecule has 41 heavy (non-hydrogen) atoms. The molecule has 0 saturated heterocycles. The Morgan fingerprint density at radius 3 is 1.56 bits per heavy atom. The van der Waals surface area contributed by atoms with Gasteiger partial charge >= 0.3 is 0 Å². The molecule has 0 saturated carbocycles. The molecule has 0 aliphatic rings. The summed E-state index contributed by atoms with van der Waals surface area (Å²) in [6.07, 6.45) is 10.1. The van der Waals surface area contributed by atoms with E-state index in [4.69, 9.17) is 9.84 Å². The summed E-state index contributed by atoms with van der Waals surface area (Å²) in [5, 5.41) is 8.98. The summed E-state index contributed by atoms with van der Waals surface area (Å²) >= 11 is 0. The van der Waals surface area contributed by atoms with Crippen molar-refractivity contribution < 1.29 is 9.84 Å². The van der Waals surface area contributed by atoms with Gasteiger partial charge in [0.2, 0.25) is 0 Å². The van der Waals surface area contributed by atoms with E-state index < -0.39 is 0 Å². The fourth-order valence-electron chi connectivity index (χ4n) is 5.21. The second-order valence-electron chi connectivity index (χ2n) is 11.3. The van der Waals surface area contributed by atoms with E-state index in [9.17, 15) is 0 Å². The van der Waals surface area contributed by atoms with Crippen molar-refractivity contribution in [1.82, 2.24) is 9.80 Å². The molecule has 224 valence electrons. The number of aliphatic hydroxyl groups is 1. The highest BCUT2D eigenvalue weighted by atomic mass is 16.5. The standard InChI is InChI=1S/C37H54N2O2/c1-4-7-10-11-32-12-14-33(15-13-32)30-39(27-26-38(24-8-5-2)25-9-6-3)31-34-16-18-35(19-17-34)36-20-22-37(23-21-36)41-29-28-40/h12-23,40H,4-11,24-31H2,1-3H3. The molecule has 0 spiro atoms. The first-order valence-electron chi connectivity index (χ1n) is 16.1. The Morgan fingerprint density at radius 1 is 0.537 bits per heavy atom. The van der Waals surface area contributed by atoms with Crippen LogP contribution in [0.3, 0.4) is 0 Å². The number of rotatable bonds is 21. The van der Waals surface area contributed by atoms with E-state index >= 15 is 0 Å². The molecule has 0 radical (unpaired) electrons. The van der Waals surface area contributed by atoms with E-state index in [2.05, 4.69) is 91.2 Å². The molecule has 3 rings (SSSR count). The lowest BCUT2D eigenvalue weighted by molar-refractivity contribution is 0.189. The SMILES string of the molecule is CCCCCc1ccc(CN(CCN(CCCC)CCCC)Cc2ccc(-c3ccc(OCCO)cc3)cc2)cc1. The van der Waals surface area contributed by atoms with Crippen LogP contribution < -0.4 is 4.74 Å². The number of aryl methyl sites for hydroxylation is 1. The molecule has 4 nitrogen and oxygen atoms in total. The van der Waals surface area contributed by atoms with E-state index in [1.165, 1.54) is 92.3 Å². The lowest BCUT2D eigenvalue weighted by Gasteiger charge is -2.28. The summed E-state index contributed by atoms with van der Waals surface area (Å²) in [4.78, 5) is 5.30. The molecule has 4 heteroatoms. The van der Waals surface area contributed by atoms with Crippen LogP contribution in [0.25, 0.3) is 11.1 Å². The van der Waals surface area contributed by atoms with Crippen LogP contribution in [0.5, 0.6) is 5.75 Å². The number of unbranched alkanes of at least 4 members (excludes halogenated alkanes) is 4. The zero-order valence-corrected chi connectivity index (χ0v) is 26.0. The molecule has 0 fully saturated rings. The Bertz CT molecular complexity index is 1060. The lowest BCUT2D eigenvalue weighted by atomic mass is 10.0. The second-order valence-corrected chi connectivity index (χ2v) is 11.3. The van der Waals surface area contributed by atoms with Crippen molar-refractivity contribution in [3.8, 4) is 16.9 Å². The summed E-state index contributed by atoms with van der Waals surface area (Å²) in [6.45, 7) is 13.7. The van der Waals surface area contributed by atoms with Gasteiger partial charge in [0.15, 0.2) is 0 Å². The molecule has 3 aromatic carbocycles. The van der Waals surface area contributed by atoms with Crippen LogP contribution in [-0.2, 0) is 19.5 Å². The molecular weight excluding hydrogens is 504 g/mol. The van der Waals surface area contributed by atoms with Gasteiger partial charge in [-0.15, -0.1) is 0 Å². The minimum atomic E-state index is 0.0279. The first kappa shape index (κ1) is 32.8. The van der Waals surface area contributed by atoms with Gasteiger partial charge in [-0.3, -0.25) is 4.90 Å². The third-order valence-corrected chi connectivity index (χ3v) is 7.79. The Kier molecular flexibility index (Phi) is 15.6. The number of aliphatic hydroxyl groups excluding tert-OH is 1. The van der Waals surface area contributed by atoms with E-state index in [-0.39, 0.29) is 6.61 Å². The Hall–Kier alpha value is -2.66. The molecule has 1 N–H and O–H groups in total. The van der Waals surface area contributed by atoms with Crippen molar-refractivity contribution in [1.29, 1.82) is 0 Å². The van der Waals surface area contributed by atoms with Gasteiger partial charge in [0.25, 0.3) is 0 Å². The predicted octanol–water partition coefficient (Wildman–Crippen LogP) is 8.36. The molecule has 0 bridgehead atoms. The van der Waals surface area contributed by atoms with E-state index in [0.29, 0.717) is 6.61 Å². The largest absolute Gasteiger partial charge is 0.491 e. The Balaban J connectivity index is 1.67. The van der Waals surface area contributed by atoms with Crippen molar-refractivity contribution in [2.75, 3.05) is 39.4 Å². The Morgan fingerprint density at radius 2 is 1.02 bits per heavy atom. The van der Waals surface area contributed by atoms with Gasteiger partial charge in [-0.2, -0.15) is 0 Å². The fourth-order valence-corrected chi connectivity index (χ4v) is 5.21. The average Bonchev–Trinajstić information content (AvgIpc) is 3.01. The first-order chi connectivity index (χ1) is 20.1. The van der Waals surface area contributed by atoms with E-state index in [1.807, 2.05) is 12.1 Å². The second kappa shape index (κ2) is 19.5. The van der Waals surface area contributed by atoms with Crippen LogP contribution >= 0.6 is 0 Å². The van der Waals surface area contributed by atoms with E-state index in [0.717, 1.165) is 31.9 Å². The van der Waals surface area contributed by atoms with Crippen LogP contribution in [0.2, 0.25) is 0 Å².